The molecule has 4 rings (SSSR count). The second-order valence-corrected chi connectivity index (χ2v) is 7.99. The average molecular weight is 372 g/mol. The number of nitrogens with zero attached hydrogens (tertiary/aromatic N) is 1. The van der Waals surface area contributed by atoms with Crippen molar-refractivity contribution in [2.75, 3.05) is 7.05 Å². The van der Waals surface area contributed by atoms with Crippen LogP contribution < -0.4 is 0 Å². The summed E-state index contributed by atoms with van der Waals surface area (Å²) in [5.41, 5.74) is 6.77. The van der Waals surface area contributed by atoms with Gasteiger partial charge in [-0.15, -0.1) is 0 Å². The molecule has 28 heavy (non-hydrogen) atoms. The lowest BCUT2D eigenvalue weighted by Crippen LogP contribution is -2.43. The van der Waals surface area contributed by atoms with E-state index in [2.05, 4.69) is 86.5 Å². The normalized spacial score (nSPS) is 25.0. The number of hydrogen-bond acceptors (Lipinski definition) is 2. The van der Waals surface area contributed by atoms with Crippen LogP contribution in [0.25, 0.3) is 12.2 Å². The SMILES string of the molecule is CCc1ccc(/C=C2/C(=O)/C(=C/c3ccc(CC)cc3)C3CCC2N3C)cc1. The van der Waals surface area contributed by atoms with Crippen LogP contribution in [0.3, 0.4) is 0 Å². The van der Waals surface area contributed by atoms with E-state index >= 15 is 0 Å². The Morgan fingerprint density at radius 3 is 1.54 bits per heavy atom. The summed E-state index contributed by atoms with van der Waals surface area (Å²) in [6.07, 6.45) is 8.39. The lowest BCUT2D eigenvalue weighted by molar-refractivity contribution is -0.114. The first-order valence-electron chi connectivity index (χ1n) is 10.5. The van der Waals surface area contributed by atoms with E-state index < -0.39 is 0 Å². The number of aryl methyl sites for hydroxylation is 2. The Bertz CT molecular complexity index is 842. The number of hydrogen-bond donors (Lipinski definition) is 0. The second kappa shape index (κ2) is 7.89. The van der Waals surface area contributed by atoms with Gasteiger partial charge in [0.25, 0.3) is 0 Å². The zero-order valence-corrected chi connectivity index (χ0v) is 17.1. The molecule has 0 amide bonds. The molecule has 2 unspecified atom stereocenters. The Morgan fingerprint density at radius 2 is 1.18 bits per heavy atom. The van der Waals surface area contributed by atoms with Gasteiger partial charge >= 0.3 is 0 Å². The van der Waals surface area contributed by atoms with E-state index in [-0.39, 0.29) is 17.9 Å². The molecule has 0 aliphatic carbocycles. The quantitative estimate of drug-likeness (QED) is 0.678. The minimum Gasteiger partial charge on any atom is -0.292 e. The molecule has 0 spiro atoms. The van der Waals surface area contributed by atoms with Gasteiger partial charge in [0, 0.05) is 23.2 Å². The molecule has 144 valence electrons. The molecular formula is C26H29NO. The predicted octanol–water partition coefficient (Wildman–Crippen LogP) is 5.32. The number of fused-ring (bicyclic) bond motifs is 2. The Morgan fingerprint density at radius 1 is 0.786 bits per heavy atom. The molecule has 0 aromatic heterocycles. The summed E-state index contributed by atoms with van der Waals surface area (Å²) in [4.78, 5) is 15.8. The van der Waals surface area contributed by atoms with Gasteiger partial charge in [-0.3, -0.25) is 9.69 Å². The van der Waals surface area contributed by atoms with Crippen molar-refractivity contribution in [3.05, 3.63) is 81.9 Å². The topological polar surface area (TPSA) is 20.3 Å². The van der Waals surface area contributed by atoms with E-state index in [1.165, 1.54) is 11.1 Å². The van der Waals surface area contributed by atoms with Crippen molar-refractivity contribution in [1.82, 2.24) is 4.90 Å². The van der Waals surface area contributed by atoms with Gasteiger partial charge in [-0.1, -0.05) is 62.4 Å². The monoisotopic (exact) mass is 371 g/mol. The summed E-state index contributed by atoms with van der Waals surface area (Å²) in [6.45, 7) is 4.33. The molecule has 0 saturated carbocycles. The summed E-state index contributed by atoms with van der Waals surface area (Å²) >= 11 is 0. The maximum absolute atomic E-state index is 13.4. The maximum atomic E-state index is 13.4. The molecule has 2 saturated heterocycles. The summed E-state index contributed by atoms with van der Waals surface area (Å²) in [5, 5.41) is 0. The summed E-state index contributed by atoms with van der Waals surface area (Å²) in [5.74, 6) is 0.227. The van der Waals surface area contributed by atoms with Crippen LogP contribution in [-0.2, 0) is 17.6 Å². The lowest BCUT2D eigenvalue weighted by Gasteiger charge is -2.34. The number of piperidine rings is 1. The zero-order chi connectivity index (χ0) is 19.7. The number of rotatable bonds is 4. The largest absolute Gasteiger partial charge is 0.292 e. The smallest absolute Gasteiger partial charge is 0.188 e. The average Bonchev–Trinajstić information content (AvgIpc) is 3.04. The van der Waals surface area contributed by atoms with Gasteiger partial charge in [0.05, 0.1) is 0 Å². The molecule has 2 atom stereocenters. The molecule has 2 heterocycles. The van der Waals surface area contributed by atoms with Crippen molar-refractivity contribution in [2.24, 2.45) is 0 Å². The molecule has 2 nitrogen and oxygen atoms in total. The van der Waals surface area contributed by atoms with Gasteiger partial charge in [-0.25, -0.2) is 0 Å². The van der Waals surface area contributed by atoms with Crippen LogP contribution >= 0.6 is 0 Å². The fraction of sp³-hybridized carbons (Fsp3) is 0.346. The Hall–Kier alpha value is -2.45. The Labute approximate surface area is 168 Å². The second-order valence-electron chi connectivity index (χ2n) is 7.99. The highest BCUT2D eigenvalue weighted by molar-refractivity contribution is 6.16. The highest BCUT2D eigenvalue weighted by atomic mass is 16.1. The van der Waals surface area contributed by atoms with Crippen molar-refractivity contribution in [3.63, 3.8) is 0 Å². The molecule has 2 aromatic carbocycles. The van der Waals surface area contributed by atoms with E-state index in [4.69, 9.17) is 0 Å². The maximum Gasteiger partial charge on any atom is 0.188 e. The first-order chi connectivity index (χ1) is 13.6. The molecule has 2 heteroatoms. The third kappa shape index (κ3) is 3.49. The zero-order valence-electron chi connectivity index (χ0n) is 17.1. The van der Waals surface area contributed by atoms with Crippen LogP contribution in [0, 0.1) is 0 Å². The van der Waals surface area contributed by atoms with E-state index in [0.29, 0.717) is 0 Å². The van der Waals surface area contributed by atoms with Crippen LogP contribution in [0.1, 0.15) is 48.9 Å². The fourth-order valence-corrected chi connectivity index (χ4v) is 4.54. The minimum absolute atomic E-state index is 0.227. The highest BCUT2D eigenvalue weighted by Crippen LogP contribution is 2.40. The van der Waals surface area contributed by atoms with Gasteiger partial charge in [0.15, 0.2) is 5.78 Å². The number of benzene rings is 2. The van der Waals surface area contributed by atoms with Gasteiger partial charge in [-0.05, 0) is 67.1 Å². The van der Waals surface area contributed by atoms with Gasteiger partial charge < -0.3 is 0 Å². The number of carbonyl (C=O) groups excluding carboxylic acids is 1. The molecule has 0 N–H and O–H groups in total. The van der Waals surface area contributed by atoms with Crippen molar-refractivity contribution in [3.8, 4) is 0 Å². The highest BCUT2D eigenvalue weighted by Gasteiger charge is 2.44. The van der Waals surface area contributed by atoms with Crippen LogP contribution in [-0.4, -0.2) is 29.8 Å². The van der Waals surface area contributed by atoms with Gasteiger partial charge in [0.1, 0.15) is 0 Å². The number of carbonyl (C=O) groups is 1. The lowest BCUT2D eigenvalue weighted by atomic mass is 9.88. The molecule has 2 aliphatic heterocycles. The van der Waals surface area contributed by atoms with Crippen LogP contribution in [0.4, 0.5) is 0 Å². The number of Topliss-reactive ketones (excluding diaryl/α,β-unsaturated/α-hetero) is 1. The molecule has 0 radical (unpaired) electrons. The number of ketones is 1. The van der Waals surface area contributed by atoms with Crippen LogP contribution in [0.2, 0.25) is 0 Å². The van der Waals surface area contributed by atoms with E-state index in [0.717, 1.165) is 48.0 Å². The first kappa shape index (κ1) is 18.9. The first-order valence-corrected chi connectivity index (χ1v) is 10.5. The van der Waals surface area contributed by atoms with Gasteiger partial charge in [-0.2, -0.15) is 0 Å². The van der Waals surface area contributed by atoms with Crippen molar-refractivity contribution >= 4 is 17.9 Å². The predicted molar refractivity (Wildman–Crippen MR) is 117 cm³/mol. The third-order valence-corrected chi connectivity index (χ3v) is 6.36. The van der Waals surface area contributed by atoms with Crippen LogP contribution in [0.15, 0.2) is 59.7 Å². The van der Waals surface area contributed by atoms with Crippen molar-refractivity contribution < 1.29 is 4.79 Å². The summed E-state index contributed by atoms with van der Waals surface area (Å²) < 4.78 is 0. The molecule has 2 aromatic rings. The molecular weight excluding hydrogens is 342 g/mol. The van der Waals surface area contributed by atoms with Crippen LogP contribution in [0.5, 0.6) is 0 Å². The fourth-order valence-electron chi connectivity index (χ4n) is 4.54. The molecule has 2 aliphatic rings. The summed E-state index contributed by atoms with van der Waals surface area (Å²) in [7, 11) is 2.16. The van der Waals surface area contributed by atoms with Crippen molar-refractivity contribution in [1.29, 1.82) is 0 Å². The van der Waals surface area contributed by atoms with Gasteiger partial charge in [0.2, 0.25) is 0 Å². The summed E-state index contributed by atoms with van der Waals surface area (Å²) in [6, 6.07) is 17.6. The molecule has 2 bridgehead atoms. The molecule has 2 fully saturated rings. The van der Waals surface area contributed by atoms with Crippen molar-refractivity contribution in [2.45, 2.75) is 51.6 Å². The van der Waals surface area contributed by atoms with E-state index in [9.17, 15) is 4.79 Å². The third-order valence-electron chi connectivity index (χ3n) is 6.36. The number of likely N-dealkylation sites (N-methyl/N-ethyl adjacent to an activating group) is 1. The van der Waals surface area contributed by atoms with E-state index in [1.54, 1.807) is 0 Å². The van der Waals surface area contributed by atoms with E-state index in [1.807, 2.05) is 0 Å². The standard InChI is InChI=1S/C26H29NO/c1-4-18-6-10-20(11-7-18)16-22-24-14-15-25(27(24)3)23(26(22)28)17-21-12-8-19(5-2)9-13-21/h6-13,16-17,24-25H,4-5,14-15H2,1-3H3/b22-16+,23-17+. The Kier molecular flexibility index (Phi) is 5.32. The minimum atomic E-state index is 0.227. The Balaban J connectivity index is 1.70.